The summed E-state index contributed by atoms with van der Waals surface area (Å²) < 4.78 is 0. The second kappa shape index (κ2) is 7.66. The zero-order chi connectivity index (χ0) is 20.4. The van der Waals surface area contributed by atoms with Gasteiger partial charge in [-0.05, 0) is 72.2 Å². The first-order chi connectivity index (χ1) is 14.1. The Morgan fingerprint density at radius 3 is 2.59 bits per heavy atom. The van der Waals surface area contributed by atoms with E-state index in [1.807, 2.05) is 48.5 Å². The maximum atomic E-state index is 13.6. The van der Waals surface area contributed by atoms with Crippen molar-refractivity contribution in [3.8, 4) is 17.2 Å². The normalized spacial score (nSPS) is 17.8. The van der Waals surface area contributed by atoms with Gasteiger partial charge in [-0.2, -0.15) is 5.26 Å². The Kier molecular flexibility index (Phi) is 5.05. The molecule has 1 atom stereocenters. The second-order valence-electron chi connectivity index (χ2n) is 7.93. The van der Waals surface area contributed by atoms with Gasteiger partial charge in [0, 0.05) is 17.6 Å². The Morgan fingerprint density at radius 2 is 1.83 bits per heavy atom. The molecule has 0 saturated heterocycles. The summed E-state index contributed by atoms with van der Waals surface area (Å²) in [6, 6.07) is 23.7. The lowest BCUT2D eigenvalue weighted by Crippen LogP contribution is -2.32. The maximum absolute atomic E-state index is 13.6. The molecule has 3 aromatic rings. The SMILES string of the molecule is Cc1ccccc1CC1(CCO)Cc2ccc(-c3cccc(C#N)c3)cc2C1=O. The summed E-state index contributed by atoms with van der Waals surface area (Å²) in [7, 11) is 0. The molecule has 1 N–H and O–H groups in total. The van der Waals surface area contributed by atoms with Gasteiger partial charge in [0.1, 0.15) is 0 Å². The largest absolute Gasteiger partial charge is 0.396 e. The van der Waals surface area contributed by atoms with Gasteiger partial charge in [-0.15, -0.1) is 0 Å². The topological polar surface area (TPSA) is 61.1 Å². The lowest BCUT2D eigenvalue weighted by Gasteiger charge is -2.27. The predicted octanol–water partition coefficient (Wildman–Crippen LogP) is 4.88. The van der Waals surface area contributed by atoms with Crippen LogP contribution in [0, 0.1) is 23.7 Å². The third-order valence-electron chi connectivity index (χ3n) is 6.07. The van der Waals surface area contributed by atoms with Crippen LogP contribution in [0.1, 0.15) is 39.0 Å². The van der Waals surface area contributed by atoms with Crippen molar-refractivity contribution in [1.29, 1.82) is 5.26 Å². The number of aryl methyl sites for hydroxylation is 1. The van der Waals surface area contributed by atoms with Gasteiger partial charge in [-0.25, -0.2) is 0 Å². The smallest absolute Gasteiger partial charge is 0.170 e. The molecule has 144 valence electrons. The van der Waals surface area contributed by atoms with Gasteiger partial charge >= 0.3 is 0 Å². The van der Waals surface area contributed by atoms with Crippen molar-refractivity contribution in [2.45, 2.75) is 26.2 Å². The standard InChI is InChI=1S/C26H23NO2/c1-18-5-2-3-7-22(18)15-26(11-12-28)16-23-10-9-21(14-24(23)25(26)29)20-8-4-6-19(13-20)17-27/h2-10,13-14,28H,11-12,15-16H2,1H3. The number of carbonyl (C=O) groups is 1. The summed E-state index contributed by atoms with van der Waals surface area (Å²) in [5.74, 6) is 0.114. The van der Waals surface area contributed by atoms with Gasteiger partial charge in [-0.3, -0.25) is 4.79 Å². The van der Waals surface area contributed by atoms with Crippen LogP contribution in [0.5, 0.6) is 0 Å². The maximum Gasteiger partial charge on any atom is 0.170 e. The highest BCUT2D eigenvalue weighted by Gasteiger charge is 2.45. The summed E-state index contributed by atoms with van der Waals surface area (Å²) in [6.07, 6.45) is 1.73. The van der Waals surface area contributed by atoms with Crippen LogP contribution in [0.2, 0.25) is 0 Å². The molecule has 0 aliphatic heterocycles. The molecule has 29 heavy (non-hydrogen) atoms. The van der Waals surface area contributed by atoms with E-state index in [9.17, 15) is 9.90 Å². The minimum atomic E-state index is -0.601. The zero-order valence-corrected chi connectivity index (χ0v) is 16.5. The molecule has 1 aliphatic carbocycles. The van der Waals surface area contributed by atoms with Crippen LogP contribution in [0.3, 0.4) is 0 Å². The summed E-state index contributed by atoms with van der Waals surface area (Å²) >= 11 is 0. The Balaban J connectivity index is 1.73. The van der Waals surface area contributed by atoms with Crippen LogP contribution in [0.25, 0.3) is 11.1 Å². The highest BCUT2D eigenvalue weighted by Crippen LogP contribution is 2.43. The number of rotatable bonds is 5. The molecule has 3 nitrogen and oxygen atoms in total. The highest BCUT2D eigenvalue weighted by molar-refractivity contribution is 6.06. The molecule has 1 aliphatic rings. The van der Waals surface area contributed by atoms with E-state index >= 15 is 0 Å². The van der Waals surface area contributed by atoms with Crippen molar-refractivity contribution in [3.05, 3.63) is 94.5 Å². The van der Waals surface area contributed by atoms with E-state index in [0.717, 1.165) is 27.8 Å². The number of nitrogens with zero attached hydrogens (tertiary/aromatic N) is 1. The molecule has 3 aromatic carbocycles. The molecule has 4 rings (SSSR count). The number of benzene rings is 3. The molecule has 0 heterocycles. The van der Waals surface area contributed by atoms with Gasteiger partial charge in [0.15, 0.2) is 5.78 Å². The van der Waals surface area contributed by atoms with E-state index in [1.54, 1.807) is 6.07 Å². The van der Waals surface area contributed by atoms with Crippen LogP contribution < -0.4 is 0 Å². The van der Waals surface area contributed by atoms with E-state index in [1.165, 1.54) is 5.56 Å². The molecule has 0 bridgehead atoms. The number of hydrogen-bond donors (Lipinski definition) is 1. The third kappa shape index (κ3) is 3.48. The molecule has 1 unspecified atom stereocenters. The van der Waals surface area contributed by atoms with Crippen LogP contribution in [0.15, 0.2) is 66.7 Å². The second-order valence-corrected chi connectivity index (χ2v) is 7.93. The number of Topliss-reactive ketones (excluding diaryl/α,β-unsaturated/α-hetero) is 1. The Hall–Kier alpha value is -3.22. The van der Waals surface area contributed by atoms with Gasteiger partial charge < -0.3 is 5.11 Å². The molecule has 0 aromatic heterocycles. The Bertz CT molecular complexity index is 1130. The predicted molar refractivity (Wildman–Crippen MR) is 114 cm³/mol. The number of aliphatic hydroxyl groups is 1. The minimum Gasteiger partial charge on any atom is -0.396 e. The molecule has 0 radical (unpaired) electrons. The average molecular weight is 381 g/mol. The fourth-order valence-corrected chi connectivity index (χ4v) is 4.44. The van der Waals surface area contributed by atoms with Crippen LogP contribution >= 0.6 is 0 Å². The fraction of sp³-hybridized carbons (Fsp3) is 0.231. The summed E-state index contributed by atoms with van der Waals surface area (Å²) in [4.78, 5) is 13.6. The van der Waals surface area contributed by atoms with Gasteiger partial charge in [0.25, 0.3) is 0 Å². The van der Waals surface area contributed by atoms with Crippen LogP contribution in [-0.2, 0) is 12.8 Å². The lowest BCUT2D eigenvalue weighted by atomic mass is 9.75. The van der Waals surface area contributed by atoms with Gasteiger partial charge in [-0.1, -0.05) is 48.5 Å². The molecule has 0 spiro atoms. The van der Waals surface area contributed by atoms with Crippen molar-refractivity contribution >= 4 is 5.78 Å². The molecule has 0 fully saturated rings. The zero-order valence-electron chi connectivity index (χ0n) is 16.5. The van der Waals surface area contributed by atoms with Crippen molar-refractivity contribution in [2.24, 2.45) is 5.41 Å². The Labute approximate surface area is 171 Å². The number of carbonyl (C=O) groups excluding carboxylic acids is 1. The van der Waals surface area contributed by atoms with E-state index in [0.29, 0.717) is 24.8 Å². The van der Waals surface area contributed by atoms with Gasteiger partial charge in [0.2, 0.25) is 0 Å². The fourth-order valence-electron chi connectivity index (χ4n) is 4.44. The van der Waals surface area contributed by atoms with Crippen molar-refractivity contribution in [3.63, 3.8) is 0 Å². The molecular formula is C26H23NO2. The van der Waals surface area contributed by atoms with E-state index in [2.05, 4.69) is 25.1 Å². The monoisotopic (exact) mass is 381 g/mol. The highest BCUT2D eigenvalue weighted by atomic mass is 16.3. The first kappa shape index (κ1) is 19.1. The van der Waals surface area contributed by atoms with E-state index in [-0.39, 0.29) is 12.4 Å². The summed E-state index contributed by atoms with van der Waals surface area (Å²) in [5.41, 5.74) is 5.97. The number of ketones is 1. The molecule has 0 amide bonds. The summed E-state index contributed by atoms with van der Waals surface area (Å²) in [5, 5.41) is 18.9. The first-order valence-electron chi connectivity index (χ1n) is 9.90. The number of hydrogen-bond acceptors (Lipinski definition) is 3. The summed E-state index contributed by atoms with van der Waals surface area (Å²) in [6.45, 7) is 2.05. The minimum absolute atomic E-state index is 0.0112. The average Bonchev–Trinajstić information content (AvgIpc) is 3.01. The number of aliphatic hydroxyl groups excluding tert-OH is 1. The molecule has 0 saturated carbocycles. The lowest BCUT2D eigenvalue weighted by molar-refractivity contribution is 0.0764. The van der Waals surface area contributed by atoms with Crippen LogP contribution in [0.4, 0.5) is 0 Å². The number of nitriles is 1. The Morgan fingerprint density at radius 1 is 1.03 bits per heavy atom. The van der Waals surface area contributed by atoms with Crippen molar-refractivity contribution in [2.75, 3.05) is 6.61 Å². The number of fused-ring (bicyclic) bond motifs is 1. The van der Waals surface area contributed by atoms with E-state index < -0.39 is 5.41 Å². The molecular weight excluding hydrogens is 358 g/mol. The first-order valence-corrected chi connectivity index (χ1v) is 9.90. The quantitative estimate of drug-likeness (QED) is 0.685. The van der Waals surface area contributed by atoms with Crippen molar-refractivity contribution in [1.82, 2.24) is 0 Å². The van der Waals surface area contributed by atoms with E-state index in [4.69, 9.17) is 5.26 Å². The molecule has 3 heteroatoms. The van der Waals surface area contributed by atoms with Crippen molar-refractivity contribution < 1.29 is 9.90 Å². The third-order valence-corrected chi connectivity index (χ3v) is 6.07. The van der Waals surface area contributed by atoms with Gasteiger partial charge in [0.05, 0.1) is 11.6 Å². The van der Waals surface area contributed by atoms with Crippen LogP contribution in [-0.4, -0.2) is 17.5 Å².